The number of carbonyl (C=O) groups excluding carboxylic acids is 1. The molecule has 0 aliphatic rings. The summed E-state index contributed by atoms with van der Waals surface area (Å²) in [6, 6.07) is 0. The molecule has 0 fully saturated rings. The number of rotatable bonds is 3. The summed E-state index contributed by atoms with van der Waals surface area (Å²) in [5.74, 6) is 0.0624. The number of hydrogen-bond acceptors (Lipinski definition) is 6. The van der Waals surface area contributed by atoms with Gasteiger partial charge in [0, 0.05) is 12.4 Å². The number of carbonyl (C=O) groups is 1. The molecule has 0 atom stereocenters. The Kier molecular flexibility index (Phi) is 4.03. The van der Waals surface area contributed by atoms with Crippen molar-refractivity contribution in [2.75, 3.05) is 5.32 Å². The molecule has 8 heteroatoms. The lowest BCUT2D eigenvalue weighted by molar-refractivity contribution is 0.103. The Morgan fingerprint density at radius 1 is 1.39 bits per heavy atom. The molecule has 0 saturated heterocycles. The SMILES string of the molecule is Cc1c(C(=O)Nc2nc(C(C)C)cs2)sc2ncn(C)c(=O)c12. The van der Waals surface area contributed by atoms with Crippen molar-refractivity contribution in [3.8, 4) is 0 Å². The number of thiophene rings is 1. The monoisotopic (exact) mass is 348 g/mol. The lowest BCUT2D eigenvalue weighted by atomic mass is 10.2. The van der Waals surface area contributed by atoms with Gasteiger partial charge in [-0.2, -0.15) is 0 Å². The van der Waals surface area contributed by atoms with E-state index in [4.69, 9.17) is 0 Å². The molecule has 3 aromatic heterocycles. The Balaban J connectivity index is 1.96. The van der Waals surface area contributed by atoms with Crippen LogP contribution >= 0.6 is 22.7 Å². The number of thiazole rings is 1. The number of amides is 1. The zero-order chi connectivity index (χ0) is 16.7. The molecule has 3 rings (SSSR count). The molecule has 0 aliphatic heterocycles. The van der Waals surface area contributed by atoms with Crippen molar-refractivity contribution in [1.29, 1.82) is 0 Å². The average Bonchev–Trinajstić information content (AvgIpc) is 3.08. The van der Waals surface area contributed by atoms with Crippen LogP contribution in [-0.2, 0) is 7.05 Å². The van der Waals surface area contributed by atoms with Crippen molar-refractivity contribution in [3.63, 3.8) is 0 Å². The Morgan fingerprint density at radius 3 is 2.78 bits per heavy atom. The van der Waals surface area contributed by atoms with Crippen LogP contribution in [-0.4, -0.2) is 20.4 Å². The van der Waals surface area contributed by atoms with Gasteiger partial charge in [0.05, 0.1) is 22.3 Å². The number of nitrogens with zero attached hydrogens (tertiary/aromatic N) is 3. The Bertz CT molecular complexity index is 952. The smallest absolute Gasteiger partial charge is 0.267 e. The summed E-state index contributed by atoms with van der Waals surface area (Å²) in [6.45, 7) is 5.88. The van der Waals surface area contributed by atoms with Gasteiger partial charge in [0.15, 0.2) is 5.13 Å². The van der Waals surface area contributed by atoms with Crippen LogP contribution in [0.5, 0.6) is 0 Å². The summed E-state index contributed by atoms with van der Waals surface area (Å²) in [6.07, 6.45) is 1.47. The molecule has 0 spiro atoms. The van der Waals surface area contributed by atoms with Crippen molar-refractivity contribution < 1.29 is 4.79 Å². The minimum Gasteiger partial charge on any atom is -0.302 e. The first kappa shape index (κ1) is 15.8. The quantitative estimate of drug-likeness (QED) is 0.789. The van der Waals surface area contributed by atoms with Crippen LogP contribution in [0.3, 0.4) is 0 Å². The zero-order valence-electron chi connectivity index (χ0n) is 13.2. The van der Waals surface area contributed by atoms with E-state index in [1.54, 1.807) is 14.0 Å². The van der Waals surface area contributed by atoms with Crippen LogP contribution in [0, 0.1) is 6.92 Å². The first-order valence-corrected chi connectivity index (χ1v) is 8.79. The van der Waals surface area contributed by atoms with Crippen LogP contribution in [0.1, 0.15) is 40.7 Å². The molecular formula is C15H16N4O2S2. The molecule has 0 aliphatic carbocycles. The number of fused-ring (bicyclic) bond motifs is 1. The molecule has 3 heterocycles. The summed E-state index contributed by atoms with van der Waals surface area (Å²) in [4.78, 5) is 34.4. The molecule has 1 N–H and O–H groups in total. The van der Waals surface area contributed by atoms with E-state index >= 15 is 0 Å². The summed E-state index contributed by atoms with van der Waals surface area (Å²) < 4.78 is 1.42. The molecule has 23 heavy (non-hydrogen) atoms. The number of aromatic nitrogens is 3. The predicted molar refractivity (Wildman–Crippen MR) is 93.8 cm³/mol. The minimum absolute atomic E-state index is 0.140. The number of anilines is 1. The molecule has 3 aromatic rings. The van der Waals surface area contributed by atoms with Gasteiger partial charge in [-0.25, -0.2) is 9.97 Å². The van der Waals surface area contributed by atoms with Crippen LogP contribution in [0.2, 0.25) is 0 Å². The van der Waals surface area contributed by atoms with E-state index in [2.05, 4.69) is 29.1 Å². The third-order valence-electron chi connectivity index (χ3n) is 3.55. The van der Waals surface area contributed by atoms with Gasteiger partial charge in [0.2, 0.25) is 0 Å². The zero-order valence-corrected chi connectivity index (χ0v) is 14.8. The largest absolute Gasteiger partial charge is 0.302 e. The lowest BCUT2D eigenvalue weighted by Gasteiger charge is -2.01. The number of nitrogens with one attached hydrogen (secondary N) is 1. The topological polar surface area (TPSA) is 76.9 Å². The second kappa shape index (κ2) is 5.86. The molecule has 0 radical (unpaired) electrons. The van der Waals surface area contributed by atoms with Crippen molar-refractivity contribution in [1.82, 2.24) is 14.5 Å². The Morgan fingerprint density at radius 2 is 2.13 bits per heavy atom. The van der Waals surface area contributed by atoms with Crippen molar-refractivity contribution in [2.45, 2.75) is 26.7 Å². The molecule has 0 unspecified atom stereocenters. The van der Waals surface area contributed by atoms with E-state index in [1.165, 1.54) is 33.6 Å². The second-order valence-electron chi connectivity index (χ2n) is 5.58. The third-order valence-corrected chi connectivity index (χ3v) is 5.53. The Hall–Kier alpha value is -2.06. The van der Waals surface area contributed by atoms with Gasteiger partial charge in [-0.1, -0.05) is 13.8 Å². The van der Waals surface area contributed by atoms with Crippen LogP contribution in [0.4, 0.5) is 5.13 Å². The van der Waals surface area contributed by atoms with Crippen molar-refractivity contribution >= 4 is 43.9 Å². The second-order valence-corrected chi connectivity index (χ2v) is 7.44. The Labute approximate surface area is 140 Å². The van der Waals surface area contributed by atoms with Gasteiger partial charge in [-0.3, -0.25) is 14.9 Å². The molecule has 120 valence electrons. The maximum Gasteiger partial charge on any atom is 0.267 e. The highest BCUT2D eigenvalue weighted by molar-refractivity contribution is 7.21. The highest BCUT2D eigenvalue weighted by atomic mass is 32.1. The third kappa shape index (κ3) is 2.79. The van der Waals surface area contributed by atoms with Gasteiger partial charge in [0.25, 0.3) is 11.5 Å². The van der Waals surface area contributed by atoms with Crippen LogP contribution < -0.4 is 10.9 Å². The maximum absolute atomic E-state index is 12.5. The van der Waals surface area contributed by atoms with Crippen molar-refractivity contribution in [3.05, 3.63) is 38.2 Å². The lowest BCUT2D eigenvalue weighted by Crippen LogP contribution is -2.17. The summed E-state index contributed by atoms with van der Waals surface area (Å²) in [7, 11) is 1.65. The van der Waals surface area contributed by atoms with Crippen molar-refractivity contribution in [2.24, 2.45) is 7.05 Å². The normalized spacial score (nSPS) is 11.3. The van der Waals surface area contributed by atoms with Gasteiger partial charge >= 0.3 is 0 Å². The fourth-order valence-electron chi connectivity index (χ4n) is 2.19. The highest BCUT2D eigenvalue weighted by Gasteiger charge is 2.20. The molecule has 0 aromatic carbocycles. The van der Waals surface area contributed by atoms with E-state index < -0.39 is 0 Å². The molecule has 1 amide bonds. The number of hydrogen-bond donors (Lipinski definition) is 1. The van der Waals surface area contributed by atoms with Crippen LogP contribution in [0.25, 0.3) is 10.2 Å². The van der Waals surface area contributed by atoms with E-state index in [0.717, 1.165) is 5.69 Å². The molecule has 6 nitrogen and oxygen atoms in total. The molecule has 0 bridgehead atoms. The van der Waals surface area contributed by atoms with E-state index in [0.29, 0.717) is 31.7 Å². The van der Waals surface area contributed by atoms with E-state index in [-0.39, 0.29) is 11.5 Å². The fourth-order valence-corrected chi connectivity index (χ4v) is 4.09. The van der Waals surface area contributed by atoms with Gasteiger partial charge in [0.1, 0.15) is 4.83 Å². The summed E-state index contributed by atoms with van der Waals surface area (Å²) >= 11 is 2.63. The number of aryl methyl sites for hydroxylation is 2. The predicted octanol–water partition coefficient (Wildman–Crippen LogP) is 3.14. The van der Waals surface area contributed by atoms with E-state index in [1.807, 2.05) is 5.38 Å². The van der Waals surface area contributed by atoms with Gasteiger partial charge in [-0.15, -0.1) is 22.7 Å². The summed E-state index contributed by atoms with van der Waals surface area (Å²) in [5, 5.41) is 5.82. The average molecular weight is 348 g/mol. The minimum atomic E-state index is -0.253. The first-order valence-electron chi connectivity index (χ1n) is 7.10. The van der Waals surface area contributed by atoms with Crippen LogP contribution in [0.15, 0.2) is 16.5 Å². The van der Waals surface area contributed by atoms with Gasteiger partial charge < -0.3 is 4.57 Å². The highest BCUT2D eigenvalue weighted by Crippen LogP contribution is 2.28. The van der Waals surface area contributed by atoms with E-state index in [9.17, 15) is 9.59 Å². The first-order chi connectivity index (χ1) is 10.9. The molecular weight excluding hydrogens is 332 g/mol. The fraction of sp³-hybridized carbons (Fsp3) is 0.333. The standard InChI is InChI=1S/C15H16N4O2S2/c1-7(2)9-5-22-15(17-9)18-12(20)11-8(3)10-13(23-11)16-6-19(4)14(10)21/h5-7H,1-4H3,(H,17,18,20). The maximum atomic E-state index is 12.5. The summed E-state index contributed by atoms with van der Waals surface area (Å²) in [5.41, 5.74) is 1.48. The molecule has 0 saturated carbocycles. The van der Waals surface area contributed by atoms with Gasteiger partial charge in [-0.05, 0) is 18.4 Å².